The number of hydrogen-bond acceptors (Lipinski definition) is 6. The zero-order valence-electron chi connectivity index (χ0n) is 16.1. The van der Waals surface area contributed by atoms with Crippen LogP contribution in [0.4, 0.5) is 0 Å². The number of hydrogen-bond donors (Lipinski definition) is 2. The summed E-state index contributed by atoms with van der Waals surface area (Å²) in [4.78, 5) is 13.3. The topological polar surface area (TPSA) is 61.8 Å². The van der Waals surface area contributed by atoms with Gasteiger partial charge in [-0.2, -0.15) is 11.8 Å². The number of nitrogens with zero attached hydrogens (tertiary/aromatic N) is 3. The Kier molecular flexibility index (Phi) is 7.19. The molecule has 3 heterocycles. The van der Waals surface area contributed by atoms with Gasteiger partial charge in [-0.25, -0.2) is 9.98 Å². The van der Waals surface area contributed by atoms with E-state index in [0.29, 0.717) is 6.54 Å². The summed E-state index contributed by atoms with van der Waals surface area (Å²) in [5.74, 6) is 3.32. The summed E-state index contributed by atoms with van der Waals surface area (Å²) in [6, 6.07) is 0. The van der Waals surface area contributed by atoms with Crippen LogP contribution in [-0.4, -0.2) is 72.3 Å². The van der Waals surface area contributed by atoms with Crippen molar-refractivity contribution in [2.75, 3.05) is 50.9 Å². The number of aryl methyl sites for hydroxylation is 2. The van der Waals surface area contributed by atoms with E-state index in [-0.39, 0.29) is 5.54 Å². The average molecular weight is 398 g/mol. The van der Waals surface area contributed by atoms with Crippen molar-refractivity contribution in [1.82, 2.24) is 20.5 Å². The molecule has 2 N–H and O–H groups in total. The molecular formula is C18H31N5OS2. The second-order valence-electron chi connectivity index (χ2n) is 6.92. The van der Waals surface area contributed by atoms with Gasteiger partial charge in [0.2, 0.25) is 0 Å². The molecule has 2 aliphatic rings. The first-order valence-electron chi connectivity index (χ1n) is 9.48. The van der Waals surface area contributed by atoms with Crippen LogP contribution in [0.25, 0.3) is 0 Å². The Bertz CT molecular complexity index is 587. The van der Waals surface area contributed by atoms with E-state index in [1.54, 1.807) is 11.3 Å². The molecule has 0 radical (unpaired) electrons. The number of thiazole rings is 1. The third-order valence-electron chi connectivity index (χ3n) is 5.14. The summed E-state index contributed by atoms with van der Waals surface area (Å²) < 4.78 is 5.56. The smallest absolute Gasteiger partial charge is 0.191 e. The van der Waals surface area contributed by atoms with Crippen LogP contribution in [0.3, 0.4) is 0 Å². The number of morpholine rings is 1. The highest BCUT2D eigenvalue weighted by Crippen LogP contribution is 2.33. The van der Waals surface area contributed by atoms with Gasteiger partial charge in [0.05, 0.1) is 25.5 Å². The molecule has 0 aliphatic carbocycles. The molecule has 1 unspecified atom stereocenters. The molecule has 26 heavy (non-hydrogen) atoms. The quantitative estimate of drug-likeness (QED) is 0.566. The van der Waals surface area contributed by atoms with Crippen molar-refractivity contribution in [3.8, 4) is 0 Å². The van der Waals surface area contributed by atoms with Gasteiger partial charge < -0.3 is 15.4 Å². The van der Waals surface area contributed by atoms with E-state index in [2.05, 4.69) is 53.1 Å². The normalized spacial score (nSPS) is 24.8. The van der Waals surface area contributed by atoms with Gasteiger partial charge in [0.15, 0.2) is 5.96 Å². The number of aromatic nitrogens is 1. The van der Waals surface area contributed by atoms with Gasteiger partial charge in [0.1, 0.15) is 5.01 Å². The summed E-state index contributed by atoms with van der Waals surface area (Å²) in [5, 5.41) is 8.08. The Hall–Kier alpha value is -0.830. The highest BCUT2D eigenvalue weighted by Gasteiger charge is 2.40. The number of guanidine groups is 1. The minimum absolute atomic E-state index is 0.221. The Morgan fingerprint density at radius 3 is 2.73 bits per heavy atom. The Morgan fingerprint density at radius 2 is 2.12 bits per heavy atom. The minimum Gasteiger partial charge on any atom is -0.379 e. The first-order chi connectivity index (χ1) is 12.6. The van der Waals surface area contributed by atoms with Gasteiger partial charge in [0, 0.05) is 42.3 Å². The third kappa shape index (κ3) is 4.91. The Balaban J connectivity index is 1.63. The van der Waals surface area contributed by atoms with Crippen LogP contribution in [0, 0.1) is 13.8 Å². The molecule has 1 aromatic rings. The lowest BCUT2D eigenvalue weighted by Gasteiger charge is -2.43. The highest BCUT2D eigenvalue weighted by molar-refractivity contribution is 7.99. The van der Waals surface area contributed by atoms with Gasteiger partial charge >= 0.3 is 0 Å². The zero-order chi connectivity index (χ0) is 18.4. The summed E-state index contributed by atoms with van der Waals surface area (Å²) in [7, 11) is 0. The molecular weight excluding hydrogens is 366 g/mol. The van der Waals surface area contributed by atoms with E-state index in [1.165, 1.54) is 22.8 Å². The van der Waals surface area contributed by atoms with E-state index in [4.69, 9.17) is 9.73 Å². The molecule has 0 aromatic carbocycles. The van der Waals surface area contributed by atoms with Gasteiger partial charge in [0.25, 0.3) is 0 Å². The molecule has 0 saturated carbocycles. The SMILES string of the molecule is CCNC(=NCc1nc(C)c(C)s1)NCC1(N2CCOCC2)CCSC1. The highest BCUT2D eigenvalue weighted by atomic mass is 32.2. The first kappa shape index (κ1) is 19.9. The summed E-state index contributed by atoms with van der Waals surface area (Å²) >= 11 is 3.80. The standard InChI is InChI=1S/C18H31N5OS2/c1-4-19-17(20-11-16-22-14(2)15(3)26-16)21-12-18(5-10-25-13-18)23-6-8-24-9-7-23/h4-13H2,1-3H3,(H2,19,20,21). The predicted molar refractivity (Wildman–Crippen MR) is 111 cm³/mol. The van der Waals surface area contributed by atoms with Gasteiger partial charge in [-0.05, 0) is 32.9 Å². The summed E-state index contributed by atoms with van der Waals surface area (Å²) in [6.45, 7) is 12.5. The minimum atomic E-state index is 0.221. The van der Waals surface area contributed by atoms with Crippen molar-refractivity contribution in [2.24, 2.45) is 4.99 Å². The Morgan fingerprint density at radius 1 is 1.31 bits per heavy atom. The van der Waals surface area contributed by atoms with Gasteiger partial charge in [-0.1, -0.05) is 0 Å². The number of thioether (sulfide) groups is 1. The van der Waals surface area contributed by atoms with Gasteiger partial charge in [-0.15, -0.1) is 11.3 Å². The zero-order valence-corrected chi connectivity index (χ0v) is 17.8. The van der Waals surface area contributed by atoms with Crippen molar-refractivity contribution in [2.45, 2.75) is 39.3 Å². The molecule has 0 spiro atoms. The number of aliphatic imine (C=N–C) groups is 1. The van der Waals surface area contributed by atoms with Crippen LogP contribution >= 0.6 is 23.1 Å². The molecule has 2 fully saturated rings. The first-order valence-corrected chi connectivity index (χ1v) is 11.5. The molecule has 2 aliphatic heterocycles. The molecule has 2 saturated heterocycles. The molecule has 6 nitrogen and oxygen atoms in total. The fourth-order valence-electron chi connectivity index (χ4n) is 3.48. The third-order valence-corrected chi connectivity index (χ3v) is 7.43. The van der Waals surface area contributed by atoms with Crippen molar-refractivity contribution in [3.05, 3.63) is 15.6 Å². The van der Waals surface area contributed by atoms with E-state index in [1.807, 2.05) is 0 Å². The number of rotatable bonds is 6. The summed E-state index contributed by atoms with van der Waals surface area (Å²) in [5.41, 5.74) is 1.34. The largest absolute Gasteiger partial charge is 0.379 e. The maximum Gasteiger partial charge on any atom is 0.191 e. The van der Waals surface area contributed by atoms with E-state index >= 15 is 0 Å². The van der Waals surface area contributed by atoms with Crippen molar-refractivity contribution in [3.63, 3.8) is 0 Å². The maximum atomic E-state index is 5.56. The fraction of sp³-hybridized carbons (Fsp3) is 0.778. The summed E-state index contributed by atoms with van der Waals surface area (Å²) in [6.07, 6.45) is 1.23. The van der Waals surface area contributed by atoms with Crippen LogP contribution in [0.15, 0.2) is 4.99 Å². The lowest BCUT2D eigenvalue weighted by Crippen LogP contribution is -2.60. The molecule has 0 amide bonds. The molecule has 8 heteroatoms. The Labute approximate surface area is 165 Å². The van der Waals surface area contributed by atoms with Crippen molar-refractivity contribution >= 4 is 29.1 Å². The molecule has 0 bridgehead atoms. The monoisotopic (exact) mass is 397 g/mol. The number of ether oxygens (including phenoxy) is 1. The molecule has 3 rings (SSSR count). The van der Waals surface area contributed by atoms with Crippen LogP contribution in [-0.2, 0) is 11.3 Å². The van der Waals surface area contributed by atoms with Crippen molar-refractivity contribution < 1.29 is 4.74 Å². The lowest BCUT2D eigenvalue weighted by atomic mass is 9.95. The maximum absolute atomic E-state index is 5.56. The van der Waals surface area contributed by atoms with Crippen molar-refractivity contribution in [1.29, 1.82) is 0 Å². The molecule has 1 atom stereocenters. The average Bonchev–Trinajstić information content (AvgIpc) is 3.26. The predicted octanol–water partition coefficient (Wildman–Crippen LogP) is 2.02. The van der Waals surface area contributed by atoms with Crippen LogP contribution in [0.1, 0.15) is 28.9 Å². The lowest BCUT2D eigenvalue weighted by molar-refractivity contribution is -0.0120. The van der Waals surface area contributed by atoms with E-state index < -0.39 is 0 Å². The number of nitrogens with one attached hydrogen (secondary N) is 2. The second-order valence-corrected chi connectivity index (χ2v) is 9.32. The van der Waals surface area contributed by atoms with E-state index in [0.717, 1.165) is 56.1 Å². The van der Waals surface area contributed by atoms with Gasteiger partial charge in [-0.3, -0.25) is 4.90 Å². The van der Waals surface area contributed by atoms with Crippen LogP contribution in [0.2, 0.25) is 0 Å². The van der Waals surface area contributed by atoms with E-state index in [9.17, 15) is 0 Å². The molecule has 146 valence electrons. The molecule has 1 aromatic heterocycles. The fourth-order valence-corrected chi connectivity index (χ4v) is 5.81. The van der Waals surface area contributed by atoms with Crippen LogP contribution < -0.4 is 10.6 Å². The van der Waals surface area contributed by atoms with Crippen LogP contribution in [0.5, 0.6) is 0 Å². The second kappa shape index (κ2) is 9.39.